The van der Waals surface area contributed by atoms with Gasteiger partial charge in [0.05, 0.1) is 11.4 Å². The Bertz CT molecular complexity index is 1170. The number of fused-ring (bicyclic) bond motifs is 1. The minimum absolute atomic E-state index is 0.277. The molecule has 1 N–H and O–H groups in total. The zero-order valence-electron chi connectivity index (χ0n) is 16.6. The lowest BCUT2D eigenvalue weighted by molar-refractivity contribution is -0.115. The fraction of sp³-hybridized carbons (Fsp3) is 0.208. The molecule has 0 bridgehead atoms. The fourth-order valence-corrected chi connectivity index (χ4v) is 4.28. The van der Waals surface area contributed by atoms with Gasteiger partial charge in [0, 0.05) is 49.4 Å². The summed E-state index contributed by atoms with van der Waals surface area (Å²) in [4.78, 5) is 22.6. The van der Waals surface area contributed by atoms with Crippen molar-refractivity contribution in [3.8, 4) is 0 Å². The average molecular weight is 418 g/mol. The summed E-state index contributed by atoms with van der Waals surface area (Å²) in [5.41, 5.74) is 3.27. The first-order chi connectivity index (χ1) is 15.1. The zero-order chi connectivity index (χ0) is 21.4. The number of nitrogens with one attached hydrogen (secondary N) is 1. The Morgan fingerprint density at radius 1 is 1.10 bits per heavy atom. The van der Waals surface area contributed by atoms with E-state index < -0.39 is 11.7 Å². The van der Waals surface area contributed by atoms with Gasteiger partial charge >= 0.3 is 0 Å². The number of rotatable bonds is 4. The van der Waals surface area contributed by atoms with E-state index in [0.29, 0.717) is 28.5 Å². The molecule has 156 valence electrons. The standard InChI is InChI=1S/C24H20F2N4O/c25-17-1-3-22-19(11-17)20(24(31)29-22)13-28-18-2-4-23(21(26)12-18)30-10-7-16(14-30)15-5-8-27-9-6-15/h1-6,8-9,11-13,16,20H,7,10,14H2,(H,29,31). The van der Waals surface area contributed by atoms with Crippen LogP contribution >= 0.6 is 0 Å². The third kappa shape index (κ3) is 3.79. The third-order valence-electron chi connectivity index (χ3n) is 5.90. The predicted octanol–water partition coefficient (Wildman–Crippen LogP) is 4.79. The van der Waals surface area contributed by atoms with Gasteiger partial charge in [-0.1, -0.05) is 0 Å². The lowest BCUT2D eigenvalue weighted by atomic mass is 10.00. The van der Waals surface area contributed by atoms with E-state index in [-0.39, 0.29) is 11.7 Å². The highest BCUT2D eigenvalue weighted by Crippen LogP contribution is 2.34. The van der Waals surface area contributed by atoms with Gasteiger partial charge in [-0.2, -0.15) is 0 Å². The van der Waals surface area contributed by atoms with Gasteiger partial charge in [0.15, 0.2) is 0 Å². The predicted molar refractivity (Wildman–Crippen MR) is 116 cm³/mol. The van der Waals surface area contributed by atoms with Crippen LogP contribution < -0.4 is 10.2 Å². The van der Waals surface area contributed by atoms with Crippen molar-refractivity contribution in [2.45, 2.75) is 18.3 Å². The summed E-state index contributed by atoms with van der Waals surface area (Å²) in [6, 6.07) is 13.0. The highest BCUT2D eigenvalue weighted by molar-refractivity contribution is 6.12. The van der Waals surface area contributed by atoms with Crippen LogP contribution in [0.1, 0.15) is 29.4 Å². The van der Waals surface area contributed by atoms with Crippen molar-refractivity contribution in [1.29, 1.82) is 0 Å². The summed E-state index contributed by atoms with van der Waals surface area (Å²) >= 11 is 0. The lowest BCUT2D eigenvalue weighted by Gasteiger charge is -2.19. The van der Waals surface area contributed by atoms with Gasteiger partial charge in [-0.15, -0.1) is 0 Å². The largest absolute Gasteiger partial charge is 0.369 e. The Morgan fingerprint density at radius 2 is 1.94 bits per heavy atom. The van der Waals surface area contributed by atoms with Crippen LogP contribution in [-0.4, -0.2) is 30.2 Å². The molecular formula is C24H20F2N4O. The molecule has 0 radical (unpaired) electrons. The van der Waals surface area contributed by atoms with E-state index in [1.165, 1.54) is 36.0 Å². The second-order valence-corrected chi connectivity index (χ2v) is 7.82. The number of anilines is 2. The van der Waals surface area contributed by atoms with Crippen molar-refractivity contribution in [2.75, 3.05) is 23.3 Å². The van der Waals surface area contributed by atoms with Crippen molar-refractivity contribution in [1.82, 2.24) is 4.98 Å². The molecule has 2 aromatic carbocycles. The van der Waals surface area contributed by atoms with E-state index in [4.69, 9.17) is 0 Å². The summed E-state index contributed by atoms with van der Waals surface area (Å²) < 4.78 is 28.4. The molecule has 3 heterocycles. The summed E-state index contributed by atoms with van der Waals surface area (Å²) in [6.45, 7) is 1.52. The zero-order valence-corrected chi connectivity index (χ0v) is 16.6. The summed E-state index contributed by atoms with van der Waals surface area (Å²) in [5, 5.41) is 2.70. The second-order valence-electron chi connectivity index (χ2n) is 7.82. The van der Waals surface area contributed by atoms with Crippen LogP contribution in [0.2, 0.25) is 0 Å². The number of carbonyl (C=O) groups excluding carboxylic acids is 1. The molecule has 3 aromatic rings. The Labute approximate surface area is 178 Å². The minimum Gasteiger partial charge on any atom is -0.369 e. The van der Waals surface area contributed by atoms with Gasteiger partial charge in [-0.25, -0.2) is 8.78 Å². The van der Waals surface area contributed by atoms with E-state index in [9.17, 15) is 13.6 Å². The molecule has 5 nitrogen and oxygen atoms in total. The molecule has 7 heteroatoms. The van der Waals surface area contributed by atoms with E-state index >= 15 is 0 Å². The quantitative estimate of drug-likeness (QED) is 0.620. The summed E-state index contributed by atoms with van der Waals surface area (Å²) in [6.07, 6.45) is 5.95. The number of hydrogen-bond acceptors (Lipinski definition) is 4. The summed E-state index contributed by atoms with van der Waals surface area (Å²) in [5.74, 6) is -1.40. The molecule has 1 saturated heterocycles. The Balaban J connectivity index is 1.32. The minimum atomic E-state index is -0.701. The van der Waals surface area contributed by atoms with E-state index in [1.54, 1.807) is 24.5 Å². The van der Waals surface area contributed by atoms with E-state index in [1.807, 2.05) is 17.0 Å². The SMILES string of the molecule is O=C1Nc2ccc(F)cc2C1C=Nc1ccc(N2CCC(c3ccncc3)C2)c(F)c1. The van der Waals surface area contributed by atoms with Crippen LogP contribution in [0.15, 0.2) is 65.9 Å². The molecule has 1 aromatic heterocycles. The lowest BCUT2D eigenvalue weighted by Crippen LogP contribution is -2.20. The van der Waals surface area contributed by atoms with Crippen LogP contribution in [0.4, 0.5) is 25.8 Å². The molecule has 2 aliphatic rings. The Kier molecular flexibility index (Phi) is 4.94. The average Bonchev–Trinajstić information content (AvgIpc) is 3.37. The number of benzene rings is 2. The van der Waals surface area contributed by atoms with Gasteiger partial charge < -0.3 is 10.2 Å². The van der Waals surface area contributed by atoms with Crippen LogP contribution in [0.5, 0.6) is 0 Å². The van der Waals surface area contributed by atoms with E-state index in [0.717, 1.165) is 19.5 Å². The smallest absolute Gasteiger partial charge is 0.237 e. The van der Waals surface area contributed by atoms with Gasteiger partial charge in [-0.3, -0.25) is 14.8 Å². The topological polar surface area (TPSA) is 57.6 Å². The normalized spacial score (nSPS) is 20.3. The Morgan fingerprint density at radius 3 is 2.74 bits per heavy atom. The molecule has 2 atom stereocenters. The highest BCUT2D eigenvalue weighted by Gasteiger charge is 2.29. The number of halogens is 2. The highest BCUT2D eigenvalue weighted by atomic mass is 19.1. The van der Waals surface area contributed by atoms with Crippen LogP contribution in [0.3, 0.4) is 0 Å². The Hall–Kier alpha value is -3.61. The van der Waals surface area contributed by atoms with Crippen molar-refractivity contribution < 1.29 is 13.6 Å². The molecule has 0 saturated carbocycles. The molecule has 5 rings (SSSR count). The maximum Gasteiger partial charge on any atom is 0.237 e. The van der Waals surface area contributed by atoms with Crippen molar-refractivity contribution in [3.05, 3.63) is 83.7 Å². The third-order valence-corrected chi connectivity index (χ3v) is 5.90. The van der Waals surface area contributed by atoms with Gasteiger partial charge in [0.2, 0.25) is 5.91 Å². The van der Waals surface area contributed by atoms with Crippen LogP contribution in [0, 0.1) is 11.6 Å². The van der Waals surface area contributed by atoms with Crippen molar-refractivity contribution in [3.63, 3.8) is 0 Å². The maximum atomic E-state index is 14.8. The van der Waals surface area contributed by atoms with Gasteiger partial charge in [-0.05, 0) is 60.0 Å². The molecular weight excluding hydrogens is 398 g/mol. The van der Waals surface area contributed by atoms with Crippen LogP contribution in [0.25, 0.3) is 0 Å². The number of pyridine rings is 1. The maximum absolute atomic E-state index is 14.8. The number of hydrogen-bond donors (Lipinski definition) is 1. The van der Waals surface area contributed by atoms with Crippen LogP contribution in [-0.2, 0) is 4.79 Å². The van der Waals surface area contributed by atoms with Crippen molar-refractivity contribution >= 4 is 29.2 Å². The fourth-order valence-electron chi connectivity index (χ4n) is 4.28. The second kappa shape index (κ2) is 7.91. The first kappa shape index (κ1) is 19.4. The van der Waals surface area contributed by atoms with Gasteiger partial charge in [0.1, 0.15) is 17.6 Å². The number of carbonyl (C=O) groups is 1. The molecule has 1 amide bonds. The molecule has 0 aliphatic carbocycles. The summed E-state index contributed by atoms with van der Waals surface area (Å²) in [7, 11) is 0. The first-order valence-electron chi connectivity index (χ1n) is 10.2. The van der Waals surface area contributed by atoms with Gasteiger partial charge in [0.25, 0.3) is 0 Å². The number of amides is 1. The first-order valence-corrected chi connectivity index (χ1v) is 10.2. The molecule has 1 fully saturated rings. The molecule has 2 unspecified atom stereocenters. The van der Waals surface area contributed by atoms with Crippen molar-refractivity contribution in [2.24, 2.45) is 4.99 Å². The number of aliphatic imine (C=N–C) groups is 1. The van der Waals surface area contributed by atoms with E-state index in [2.05, 4.69) is 15.3 Å². The molecule has 31 heavy (non-hydrogen) atoms. The molecule has 0 spiro atoms. The number of aromatic nitrogens is 1. The number of nitrogens with zero attached hydrogens (tertiary/aromatic N) is 3. The molecule has 2 aliphatic heterocycles. The monoisotopic (exact) mass is 418 g/mol.